The first-order chi connectivity index (χ1) is 12.6. The predicted molar refractivity (Wildman–Crippen MR) is 97.7 cm³/mol. The highest BCUT2D eigenvalue weighted by molar-refractivity contribution is 5.92. The number of hydrogen-bond acceptors (Lipinski definition) is 4. The molecule has 26 heavy (non-hydrogen) atoms. The van der Waals surface area contributed by atoms with Crippen LogP contribution in [0.1, 0.15) is 41.3 Å². The number of imidazole rings is 1. The highest BCUT2D eigenvalue weighted by Gasteiger charge is 2.22. The van der Waals surface area contributed by atoms with E-state index in [0.717, 1.165) is 12.0 Å². The molecule has 3 rings (SSSR count). The van der Waals surface area contributed by atoms with Gasteiger partial charge in [-0.25, -0.2) is 9.67 Å². The summed E-state index contributed by atoms with van der Waals surface area (Å²) in [7, 11) is 1.88. The van der Waals surface area contributed by atoms with Crippen LogP contribution in [0.15, 0.2) is 59.7 Å². The molecule has 1 aromatic carbocycles. The van der Waals surface area contributed by atoms with E-state index in [4.69, 9.17) is 0 Å². The van der Waals surface area contributed by atoms with Gasteiger partial charge in [-0.15, -0.1) is 0 Å². The van der Waals surface area contributed by atoms with Crippen LogP contribution in [-0.2, 0) is 13.6 Å². The van der Waals surface area contributed by atoms with E-state index in [1.54, 1.807) is 6.20 Å². The third-order valence-electron chi connectivity index (χ3n) is 4.06. The lowest BCUT2D eigenvalue weighted by molar-refractivity contribution is 0.0933. The van der Waals surface area contributed by atoms with Crippen LogP contribution in [-0.4, -0.2) is 25.2 Å². The lowest BCUT2D eigenvalue weighted by atomic mass is 10.1. The first-order valence-electron chi connectivity index (χ1n) is 8.51. The maximum Gasteiger partial charge on any atom is 0.272 e. The fourth-order valence-corrected chi connectivity index (χ4v) is 2.74. The van der Waals surface area contributed by atoms with Gasteiger partial charge in [-0.2, -0.15) is 5.10 Å². The first-order valence-corrected chi connectivity index (χ1v) is 8.51. The summed E-state index contributed by atoms with van der Waals surface area (Å²) in [6, 6.07) is 12.0. The van der Waals surface area contributed by atoms with Crippen molar-refractivity contribution in [2.75, 3.05) is 0 Å². The summed E-state index contributed by atoms with van der Waals surface area (Å²) < 4.78 is 3.18. The summed E-state index contributed by atoms with van der Waals surface area (Å²) in [6.45, 7) is 2.43. The minimum absolute atomic E-state index is 0.202. The highest BCUT2D eigenvalue weighted by atomic mass is 16.2. The topological polar surface area (TPSA) is 81.8 Å². The molecule has 0 saturated heterocycles. The zero-order chi connectivity index (χ0) is 18.5. The van der Waals surface area contributed by atoms with E-state index >= 15 is 0 Å². The number of nitrogens with one attached hydrogen (secondary N) is 1. The van der Waals surface area contributed by atoms with Crippen LogP contribution >= 0.6 is 0 Å². The Morgan fingerprint density at radius 2 is 1.96 bits per heavy atom. The molecule has 7 heteroatoms. The van der Waals surface area contributed by atoms with E-state index in [1.807, 2.05) is 55.1 Å². The number of hydrogen-bond donors (Lipinski definition) is 1. The van der Waals surface area contributed by atoms with Gasteiger partial charge in [-0.3, -0.25) is 9.59 Å². The number of aromatic nitrogens is 4. The Hall–Kier alpha value is -3.22. The average molecular weight is 351 g/mol. The standard InChI is InChI=1S/C19H21N5O2/c1-3-12-24-16(25)10-9-15(22-24)19(26)21-17(14-7-5-4-6-8-14)18-20-11-13-23(18)2/h4-11,13,17H,3,12H2,1-2H3,(H,21,26). The first kappa shape index (κ1) is 17.6. The molecule has 7 nitrogen and oxygen atoms in total. The van der Waals surface area contributed by atoms with Crippen molar-refractivity contribution in [3.8, 4) is 0 Å². The van der Waals surface area contributed by atoms with Gasteiger partial charge in [-0.1, -0.05) is 37.3 Å². The van der Waals surface area contributed by atoms with E-state index < -0.39 is 6.04 Å². The van der Waals surface area contributed by atoms with Crippen LogP contribution < -0.4 is 10.9 Å². The Morgan fingerprint density at radius 1 is 1.19 bits per heavy atom. The van der Waals surface area contributed by atoms with E-state index in [-0.39, 0.29) is 17.2 Å². The molecule has 2 heterocycles. The molecule has 0 aliphatic rings. The van der Waals surface area contributed by atoms with Gasteiger partial charge < -0.3 is 9.88 Å². The summed E-state index contributed by atoms with van der Waals surface area (Å²) in [4.78, 5) is 29.0. The smallest absolute Gasteiger partial charge is 0.272 e. The molecule has 1 N–H and O–H groups in total. The summed E-state index contributed by atoms with van der Waals surface area (Å²) in [5.74, 6) is 0.359. The second-order valence-corrected chi connectivity index (χ2v) is 5.99. The van der Waals surface area contributed by atoms with E-state index in [1.165, 1.54) is 16.8 Å². The number of rotatable bonds is 6. The molecule has 0 fully saturated rings. The number of benzene rings is 1. The second kappa shape index (κ2) is 7.77. The average Bonchev–Trinajstić information content (AvgIpc) is 3.08. The number of amides is 1. The SMILES string of the molecule is CCCn1nc(C(=O)NC(c2ccccc2)c2nccn2C)ccc1=O. The van der Waals surface area contributed by atoms with Crippen molar-refractivity contribution in [1.29, 1.82) is 0 Å². The Balaban J connectivity index is 1.92. The van der Waals surface area contributed by atoms with Crippen LogP contribution in [0.4, 0.5) is 0 Å². The zero-order valence-corrected chi connectivity index (χ0v) is 14.8. The van der Waals surface area contributed by atoms with Crippen LogP contribution in [0, 0.1) is 0 Å². The van der Waals surface area contributed by atoms with Crippen LogP contribution in [0.3, 0.4) is 0 Å². The van der Waals surface area contributed by atoms with Gasteiger partial charge in [0.15, 0.2) is 0 Å². The van der Waals surface area contributed by atoms with Crippen molar-refractivity contribution in [3.05, 3.63) is 82.3 Å². The monoisotopic (exact) mass is 351 g/mol. The molecule has 0 radical (unpaired) electrons. The van der Waals surface area contributed by atoms with Crippen molar-refractivity contribution in [2.24, 2.45) is 7.05 Å². The Bertz CT molecular complexity index is 946. The summed E-state index contributed by atoms with van der Waals surface area (Å²) in [6.07, 6.45) is 4.28. The lowest BCUT2D eigenvalue weighted by Gasteiger charge is -2.19. The summed E-state index contributed by atoms with van der Waals surface area (Å²) in [5.41, 5.74) is 0.900. The molecule has 0 aliphatic carbocycles. The summed E-state index contributed by atoms with van der Waals surface area (Å²) >= 11 is 0. The van der Waals surface area contributed by atoms with Gasteiger partial charge in [0.25, 0.3) is 11.5 Å². The lowest BCUT2D eigenvalue weighted by Crippen LogP contribution is -2.33. The number of carbonyl (C=O) groups is 1. The number of carbonyl (C=O) groups excluding carboxylic acids is 1. The van der Waals surface area contributed by atoms with E-state index in [0.29, 0.717) is 12.4 Å². The van der Waals surface area contributed by atoms with Crippen molar-refractivity contribution in [2.45, 2.75) is 25.9 Å². The minimum atomic E-state index is -0.419. The van der Waals surface area contributed by atoms with Crippen LogP contribution in [0.5, 0.6) is 0 Å². The maximum absolute atomic E-state index is 12.8. The van der Waals surface area contributed by atoms with Gasteiger partial charge >= 0.3 is 0 Å². The van der Waals surface area contributed by atoms with Gasteiger partial charge in [0.1, 0.15) is 17.6 Å². The van der Waals surface area contributed by atoms with Gasteiger partial charge in [0.05, 0.1) is 0 Å². The normalized spacial score (nSPS) is 11.9. The Morgan fingerprint density at radius 3 is 2.62 bits per heavy atom. The minimum Gasteiger partial charge on any atom is -0.337 e. The molecule has 2 aromatic heterocycles. The number of nitrogens with zero attached hydrogens (tertiary/aromatic N) is 4. The van der Waals surface area contributed by atoms with Gasteiger partial charge in [0, 0.05) is 32.1 Å². The van der Waals surface area contributed by atoms with Gasteiger partial charge in [-0.05, 0) is 18.1 Å². The van der Waals surface area contributed by atoms with Crippen molar-refractivity contribution in [3.63, 3.8) is 0 Å². The molecule has 1 unspecified atom stereocenters. The highest BCUT2D eigenvalue weighted by Crippen LogP contribution is 2.20. The van der Waals surface area contributed by atoms with Gasteiger partial charge in [0.2, 0.25) is 0 Å². The maximum atomic E-state index is 12.8. The Kier molecular flexibility index (Phi) is 5.26. The quantitative estimate of drug-likeness (QED) is 0.735. The summed E-state index contributed by atoms with van der Waals surface area (Å²) in [5, 5.41) is 7.16. The molecule has 0 bridgehead atoms. The van der Waals surface area contributed by atoms with Crippen LogP contribution in [0.2, 0.25) is 0 Å². The van der Waals surface area contributed by atoms with Crippen molar-refractivity contribution < 1.29 is 4.79 Å². The molecule has 134 valence electrons. The molecule has 1 atom stereocenters. The molecule has 1 amide bonds. The molecular weight excluding hydrogens is 330 g/mol. The molecular formula is C19H21N5O2. The third kappa shape index (κ3) is 3.72. The molecule has 0 spiro atoms. The largest absolute Gasteiger partial charge is 0.337 e. The number of aryl methyl sites for hydroxylation is 2. The fourth-order valence-electron chi connectivity index (χ4n) is 2.74. The molecule has 3 aromatic rings. The fraction of sp³-hybridized carbons (Fsp3) is 0.263. The van der Waals surface area contributed by atoms with E-state index in [9.17, 15) is 9.59 Å². The molecule has 0 saturated carbocycles. The second-order valence-electron chi connectivity index (χ2n) is 5.99. The molecule has 0 aliphatic heterocycles. The van der Waals surface area contributed by atoms with E-state index in [2.05, 4.69) is 15.4 Å². The van der Waals surface area contributed by atoms with Crippen molar-refractivity contribution in [1.82, 2.24) is 24.6 Å². The Labute approximate surface area is 151 Å². The van der Waals surface area contributed by atoms with Crippen molar-refractivity contribution >= 4 is 5.91 Å². The third-order valence-corrected chi connectivity index (χ3v) is 4.06. The zero-order valence-electron chi connectivity index (χ0n) is 14.8. The van der Waals surface area contributed by atoms with Crippen LogP contribution in [0.25, 0.3) is 0 Å². The predicted octanol–water partition coefficient (Wildman–Crippen LogP) is 1.91.